The summed E-state index contributed by atoms with van der Waals surface area (Å²) in [5.41, 5.74) is 0. The highest BCUT2D eigenvalue weighted by molar-refractivity contribution is 4.84. The van der Waals surface area contributed by atoms with Gasteiger partial charge in [-0.25, -0.2) is 6.57 Å². The van der Waals surface area contributed by atoms with Crippen molar-refractivity contribution in [3.63, 3.8) is 0 Å². The van der Waals surface area contributed by atoms with E-state index in [0.717, 1.165) is 19.7 Å². The monoisotopic (exact) mass is 168 g/mol. The normalized spacial score (nSPS) is 26.7. The van der Waals surface area contributed by atoms with Crippen LogP contribution in [0.3, 0.4) is 0 Å². The van der Waals surface area contributed by atoms with Crippen molar-refractivity contribution in [3.8, 4) is 0 Å². The predicted molar refractivity (Wildman–Crippen MR) is 47.9 cm³/mol. The summed E-state index contributed by atoms with van der Waals surface area (Å²) in [7, 11) is 0. The average Bonchev–Trinajstić information content (AvgIpc) is 2.28. The fraction of sp³-hybridized carbons (Fsp3) is 0.889. The molecule has 0 spiro atoms. The van der Waals surface area contributed by atoms with Crippen LogP contribution in [0.5, 0.6) is 0 Å². The maximum Gasteiger partial charge on any atom is 0.259 e. The molecule has 0 N–H and O–H groups in total. The minimum Gasteiger partial charge on any atom is -0.372 e. The summed E-state index contributed by atoms with van der Waals surface area (Å²) in [6.07, 6.45) is 0. The Balaban J connectivity index is 2.49. The average molecular weight is 168 g/mol. The predicted octanol–water partition coefficient (Wildman–Crippen LogP) is 1.01. The van der Waals surface area contributed by atoms with E-state index in [1.165, 1.54) is 0 Å². The molecular weight excluding hydrogens is 152 g/mol. The number of hydrogen-bond donors (Lipinski definition) is 0. The van der Waals surface area contributed by atoms with Crippen LogP contribution in [0.2, 0.25) is 0 Å². The summed E-state index contributed by atoms with van der Waals surface area (Å²) in [5.74, 6) is 0. The van der Waals surface area contributed by atoms with Gasteiger partial charge in [0, 0.05) is 12.6 Å². The van der Waals surface area contributed by atoms with Crippen molar-refractivity contribution in [1.29, 1.82) is 0 Å². The van der Waals surface area contributed by atoms with Crippen LogP contribution in [0.1, 0.15) is 13.8 Å². The van der Waals surface area contributed by atoms with E-state index in [9.17, 15) is 0 Å². The van der Waals surface area contributed by atoms with Gasteiger partial charge in [0.2, 0.25) is 0 Å². The van der Waals surface area contributed by atoms with E-state index in [4.69, 9.17) is 11.3 Å². The molecule has 1 saturated heterocycles. The Hall–Kier alpha value is -0.590. The van der Waals surface area contributed by atoms with Gasteiger partial charge in [-0.3, -0.25) is 4.90 Å². The summed E-state index contributed by atoms with van der Waals surface area (Å²) in [6, 6.07) is 0.561. The minimum absolute atomic E-state index is 0.0369. The third kappa shape index (κ3) is 2.47. The number of rotatable bonds is 1. The number of nitrogens with zero attached hydrogens (tertiary/aromatic N) is 2. The fourth-order valence-electron chi connectivity index (χ4n) is 1.36. The first-order valence-electron chi connectivity index (χ1n) is 4.42. The van der Waals surface area contributed by atoms with Crippen molar-refractivity contribution in [3.05, 3.63) is 11.4 Å². The molecule has 0 amide bonds. The van der Waals surface area contributed by atoms with E-state index in [2.05, 4.69) is 23.6 Å². The lowest BCUT2D eigenvalue weighted by atomic mass is 10.2. The lowest BCUT2D eigenvalue weighted by Crippen LogP contribution is -2.36. The molecule has 0 aromatic carbocycles. The molecule has 1 unspecified atom stereocenters. The largest absolute Gasteiger partial charge is 0.372 e. The summed E-state index contributed by atoms with van der Waals surface area (Å²) in [5, 5.41) is 0. The fourth-order valence-corrected chi connectivity index (χ4v) is 1.36. The van der Waals surface area contributed by atoms with E-state index >= 15 is 0 Å². The standard InChI is InChI=1S/C9H16N2O/c1-8(2)11-4-5-12-7-9(6-11)10-3/h8-9H,4-7H2,1-2H3. The Kier molecular flexibility index (Phi) is 3.51. The van der Waals surface area contributed by atoms with Gasteiger partial charge in [0.25, 0.3) is 6.04 Å². The zero-order valence-electron chi connectivity index (χ0n) is 7.79. The first kappa shape index (κ1) is 9.50. The molecule has 0 aromatic heterocycles. The SMILES string of the molecule is [C-]#[N+]C1COCCN(C(C)C)C1. The molecule has 0 saturated carbocycles. The molecule has 1 fully saturated rings. The molecule has 1 aliphatic rings. The lowest BCUT2D eigenvalue weighted by molar-refractivity contribution is 0.134. The second-order valence-corrected chi connectivity index (χ2v) is 3.45. The van der Waals surface area contributed by atoms with E-state index in [1.54, 1.807) is 0 Å². The van der Waals surface area contributed by atoms with Gasteiger partial charge in [0.15, 0.2) is 0 Å². The van der Waals surface area contributed by atoms with Crippen molar-refractivity contribution < 1.29 is 4.74 Å². The second-order valence-electron chi connectivity index (χ2n) is 3.45. The van der Waals surface area contributed by atoms with Crippen LogP contribution in [0.25, 0.3) is 4.85 Å². The molecule has 1 atom stereocenters. The van der Waals surface area contributed by atoms with Gasteiger partial charge in [-0.05, 0) is 13.8 Å². The first-order chi connectivity index (χ1) is 5.74. The Labute approximate surface area is 74.1 Å². The molecule has 3 heteroatoms. The quantitative estimate of drug-likeness (QED) is 0.544. The summed E-state index contributed by atoms with van der Waals surface area (Å²) in [4.78, 5) is 5.82. The van der Waals surface area contributed by atoms with Gasteiger partial charge in [-0.15, -0.1) is 0 Å². The van der Waals surface area contributed by atoms with E-state index in [-0.39, 0.29) is 6.04 Å². The number of ether oxygens (including phenoxy) is 1. The molecular formula is C9H16N2O. The first-order valence-corrected chi connectivity index (χ1v) is 4.42. The molecule has 68 valence electrons. The topological polar surface area (TPSA) is 16.8 Å². The van der Waals surface area contributed by atoms with Crippen LogP contribution in [-0.4, -0.2) is 43.3 Å². The zero-order chi connectivity index (χ0) is 8.97. The summed E-state index contributed by atoms with van der Waals surface area (Å²) < 4.78 is 5.32. The molecule has 0 aromatic rings. The minimum atomic E-state index is 0.0369. The molecule has 1 heterocycles. The molecule has 1 rings (SSSR count). The Morgan fingerprint density at radius 2 is 2.33 bits per heavy atom. The third-order valence-electron chi connectivity index (χ3n) is 2.19. The van der Waals surface area contributed by atoms with Gasteiger partial charge in [0.05, 0.1) is 13.2 Å². The van der Waals surface area contributed by atoms with Crippen LogP contribution in [-0.2, 0) is 4.74 Å². The van der Waals surface area contributed by atoms with Gasteiger partial charge in [0.1, 0.15) is 6.61 Å². The van der Waals surface area contributed by atoms with Crippen LogP contribution in [0.4, 0.5) is 0 Å². The smallest absolute Gasteiger partial charge is 0.259 e. The summed E-state index contributed by atoms with van der Waals surface area (Å²) in [6.45, 7) is 14.5. The van der Waals surface area contributed by atoms with Crippen LogP contribution in [0, 0.1) is 6.57 Å². The maximum atomic E-state index is 6.94. The van der Waals surface area contributed by atoms with Gasteiger partial charge < -0.3 is 9.58 Å². The molecule has 0 radical (unpaired) electrons. The van der Waals surface area contributed by atoms with Crippen LogP contribution in [0.15, 0.2) is 0 Å². The van der Waals surface area contributed by atoms with E-state index in [0.29, 0.717) is 12.6 Å². The van der Waals surface area contributed by atoms with Gasteiger partial charge in [-0.2, -0.15) is 0 Å². The summed E-state index contributed by atoms with van der Waals surface area (Å²) >= 11 is 0. The second kappa shape index (κ2) is 4.44. The highest BCUT2D eigenvalue weighted by atomic mass is 16.5. The van der Waals surface area contributed by atoms with E-state index < -0.39 is 0 Å². The van der Waals surface area contributed by atoms with Crippen molar-refractivity contribution in [1.82, 2.24) is 4.90 Å². The molecule has 12 heavy (non-hydrogen) atoms. The van der Waals surface area contributed by atoms with Crippen LogP contribution < -0.4 is 0 Å². The van der Waals surface area contributed by atoms with Crippen molar-refractivity contribution in [2.45, 2.75) is 25.9 Å². The number of hydrogen-bond acceptors (Lipinski definition) is 2. The molecule has 1 aliphatic heterocycles. The lowest BCUT2D eigenvalue weighted by Gasteiger charge is -2.22. The highest BCUT2D eigenvalue weighted by Gasteiger charge is 2.23. The van der Waals surface area contributed by atoms with Crippen molar-refractivity contribution >= 4 is 0 Å². The van der Waals surface area contributed by atoms with E-state index in [1.807, 2.05) is 0 Å². The van der Waals surface area contributed by atoms with Crippen molar-refractivity contribution in [2.24, 2.45) is 0 Å². The Morgan fingerprint density at radius 1 is 1.58 bits per heavy atom. The molecule has 3 nitrogen and oxygen atoms in total. The van der Waals surface area contributed by atoms with Gasteiger partial charge >= 0.3 is 0 Å². The maximum absolute atomic E-state index is 6.94. The molecule has 0 aliphatic carbocycles. The zero-order valence-corrected chi connectivity index (χ0v) is 7.79. The Bertz CT molecular complexity index is 174. The van der Waals surface area contributed by atoms with Crippen LogP contribution >= 0.6 is 0 Å². The third-order valence-corrected chi connectivity index (χ3v) is 2.19. The molecule has 0 bridgehead atoms. The van der Waals surface area contributed by atoms with Crippen molar-refractivity contribution in [2.75, 3.05) is 26.3 Å². The Morgan fingerprint density at radius 3 is 2.92 bits per heavy atom. The van der Waals surface area contributed by atoms with Gasteiger partial charge in [-0.1, -0.05) is 0 Å². The highest BCUT2D eigenvalue weighted by Crippen LogP contribution is 2.06.